The molecule has 90 valence electrons. The van der Waals surface area contributed by atoms with Gasteiger partial charge in [-0.1, -0.05) is 13.8 Å². The third-order valence-electron chi connectivity index (χ3n) is 2.29. The second-order valence-corrected chi connectivity index (χ2v) is 4.45. The van der Waals surface area contributed by atoms with E-state index in [0.29, 0.717) is 12.5 Å². The quantitative estimate of drug-likeness (QED) is 0.680. The fourth-order valence-electron chi connectivity index (χ4n) is 1.18. The van der Waals surface area contributed by atoms with E-state index in [1.807, 2.05) is 13.8 Å². The Morgan fingerprint density at radius 1 is 1.27 bits per heavy atom. The highest BCUT2D eigenvalue weighted by molar-refractivity contribution is 4.79. The third-order valence-corrected chi connectivity index (χ3v) is 2.29. The van der Waals surface area contributed by atoms with E-state index < -0.39 is 11.9 Å². The highest BCUT2D eigenvalue weighted by Gasteiger charge is 2.36. The summed E-state index contributed by atoms with van der Waals surface area (Å²) in [5.41, 5.74) is -0.683. The van der Waals surface area contributed by atoms with E-state index in [-0.39, 0.29) is 26.4 Å². The van der Waals surface area contributed by atoms with E-state index in [2.05, 4.69) is 0 Å². The zero-order valence-corrected chi connectivity index (χ0v) is 9.31. The Morgan fingerprint density at radius 2 is 1.80 bits per heavy atom. The summed E-state index contributed by atoms with van der Waals surface area (Å²) >= 11 is 0. The van der Waals surface area contributed by atoms with Crippen LogP contribution in [0.1, 0.15) is 13.8 Å². The molecule has 0 spiro atoms. The number of ether oxygens (including phenoxy) is 3. The molecule has 1 rings (SSSR count). The SMILES string of the molecule is CC(C)COC1OCC(CO)(CO)CO1. The first kappa shape index (κ1) is 12.9. The van der Waals surface area contributed by atoms with Gasteiger partial charge in [-0.25, -0.2) is 0 Å². The zero-order valence-electron chi connectivity index (χ0n) is 9.31. The molecule has 0 saturated carbocycles. The van der Waals surface area contributed by atoms with E-state index >= 15 is 0 Å². The predicted molar refractivity (Wildman–Crippen MR) is 53.1 cm³/mol. The Labute approximate surface area is 89.9 Å². The lowest BCUT2D eigenvalue weighted by molar-refractivity contribution is -0.345. The first-order valence-corrected chi connectivity index (χ1v) is 5.18. The highest BCUT2D eigenvalue weighted by Crippen LogP contribution is 2.24. The summed E-state index contributed by atoms with van der Waals surface area (Å²) < 4.78 is 15.8. The van der Waals surface area contributed by atoms with Crippen molar-refractivity contribution in [2.24, 2.45) is 11.3 Å². The minimum atomic E-state index is -0.683. The van der Waals surface area contributed by atoms with Crippen molar-refractivity contribution in [1.82, 2.24) is 0 Å². The van der Waals surface area contributed by atoms with Crippen LogP contribution in [0.3, 0.4) is 0 Å². The summed E-state index contributed by atoms with van der Waals surface area (Å²) in [6, 6.07) is 0. The summed E-state index contributed by atoms with van der Waals surface area (Å²) in [6.45, 7) is 4.17. The Bertz CT molecular complexity index is 169. The lowest BCUT2D eigenvalue weighted by Crippen LogP contribution is -2.47. The summed E-state index contributed by atoms with van der Waals surface area (Å²) in [7, 11) is 0. The number of hydrogen-bond donors (Lipinski definition) is 2. The van der Waals surface area contributed by atoms with E-state index in [1.165, 1.54) is 0 Å². The van der Waals surface area contributed by atoms with Gasteiger partial charge in [0, 0.05) is 0 Å². The molecule has 1 aliphatic heterocycles. The molecule has 0 amide bonds. The van der Waals surface area contributed by atoms with E-state index in [9.17, 15) is 0 Å². The van der Waals surface area contributed by atoms with Crippen molar-refractivity contribution in [2.75, 3.05) is 33.0 Å². The Hall–Kier alpha value is -0.200. The maximum absolute atomic E-state index is 9.09. The molecular formula is C10H20O5. The van der Waals surface area contributed by atoms with Crippen molar-refractivity contribution in [2.45, 2.75) is 20.3 Å². The summed E-state index contributed by atoms with van der Waals surface area (Å²) in [6.07, 6.45) is 0. The molecule has 2 N–H and O–H groups in total. The predicted octanol–water partition coefficient (Wildman–Crippen LogP) is -0.0396. The van der Waals surface area contributed by atoms with Crippen molar-refractivity contribution < 1.29 is 24.4 Å². The van der Waals surface area contributed by atoms with Crippen molar-refractivity contribution in [3.8, 4) is 0 Å². The van der Waals surface area contributed by atoms with Gasteiger partial charge in [-0.05, 0) is 5.92 Å². The fourth-order valence-corrected chi connectivity index (χ4v) is 1.18. The molecule has 5 nitrogen and oxygen atoms in total. The van der Waals surface area contributed by atoms with E-state index in [4.69, 9.17) is 24.4 Å². The number of aliphatic hydroxyl groups is 2. The molecule has 5 heteroatoms. The van der Waals surface area contributed by atoms with Crippen LogP contribution in [0.25, 0.3) is 0 Å². The molecule has 0 radical (unpaired) electrons. The molecule has 0 aromatic heterocycles. The standard InChI is InChI=1S/C10H20O5/c1-8(2)3-13-9-14-6-10(4-11,5-12)7-15-9/h8-9,11-12H,3-7H2,1-2H3. The highest BCUT2D eigenvalue weighted by atomic mass is 16.8. The number of hydrogen-bond acceptors (Lipinski definition) is 5. The van der Waals surface area contributed by atoms with Crippen LogP contribution in [-0.2, 0) is 14.2 Å². The largest absolute Gasteiger partial charge is 0.396 e. The van der Waals surface area contributed by atoms with Gasteiger partial charge in [-0.15, -0.1) is 0 Å². The molecule has 0 unspecified atom stereocenters. The molecule has 1 heterocycles. The molecule has 0 aliphatic carbocycles. The maximum Gasteiger partial charge on any atom is 0.271 e. The lowest BCUT2D eigenvalue weighted by atomic mass is 9.92. The molecule has 0 bridgehead atoms. The molecular weight excluding hydrogens is 200 g/mol. The van der Waals surface area contributed by atoms with Gasteiger partial charge in [-0.3, -0.25) is 0 Å². The molecule has 0 atom stereocenters. The van der Waals surface area contributed by atoms with E-state index in [0.717, 1.165) is 0 Å². The monoisotopic (exact) mass is 220 g/mol. The summed E-state index contributed by atoms with van der Waals surface area (Å²) in [5, 5.41) is 18.2. The minimum Gasteiger partial charge on any atom is -0.396 e. The van der Waals surface area contributed by atoms with Gasteiger partial charge in [0.25, 0.3) is 6.48 Å². The number of aliphatic hydroxyl groups excluding tert-OH is 2. The van der Waals surface area contributed by atoms with Gasteiger partial charge in [0.2, 0.25) is 0 Å². The minimum absolute atomic E-state index is 0.152. The van der Waals surface area contributed by atoms with Gasteiger partial charge >= 0.3 is 0 Å². The van der Waals surface area contributed by atoms with Crippen LogP contribution in [0.4, 0.5) is 0 Å². The molecule has 0 aromatic carbocycles. The van der Waals surface area contributed by atoms with Crippen molar-refractivity contribution >= 4 is 0 Å². The zero-order chi connectivity index (χ0) is 11.3. The van der Waals surface area contributed by atoms with Gasteiger partial charge in [0.05, 0.1) is 38.4 Å². The second kappa shape index (κ2) is 5.77. The van der Waals surface area contributed by atoms with Gasteiger partial charge in [0.1, 0.15) is 0 Å². The smallest absolute Gasteiger partial charge is 0.271 e. The topological polar surface area (TPSA) is 68.2 Å². The Morgan fingerprint density at radius 3 is 2.20 bits per heavy atom. The molecule has 0 aromatic rings. The van der Waals surface area contributed by atoms with Crippen LogP contribution in [0.5, 0.6) is 0 Å². The molecule has 1 saturated heterocycles. The van der Waals surface area contributed by atoms with Crippen LogP contribution in [-0.4, -0.2) is 49.7 Å². The van der Waals surface area contributed by atoms with Crippen LogP contribution in [0, 0.1) is 11.3 Å². The average molecular weight is 220 g/mol. The summed E-state index contributed by atoms with van der Waals surface area (Å²) in [4.78, 5) is 0. The molecule has 1 aliphatic rings. The maximum atomic E-state index is 9.09. The van der Waals surface area contributed by atoms with Gasteiger partial charge < -0.3 is 24.4 Å². The van der Waals surface area contributed by atoms with Gasteiger partial charge in [-0.2, -0.15) is 0 Å². The Balaban J connectivity index is 2.28. The average Bonchev–Trinajstić information content (AvgIpc) is 2.27. The second-order valence-electron chi connectivity index (χ2n) is 4.45. The third kappa shape index (κ3) is 3.70. The number of rotatable bonds is 5. The first-order valence-electron chi connectivity index (χ1n) is 5.18. The van der Waals surface area contributed by atoms with Crippen molar-refractivity contribution in [1.29, 1.82) is 0 Å². The van der Waals surface area contributed by atoms with Crippen LogP contribution < -0.4 is 0 Å². The van der Waals surface area contributed by atoms with Crippen LogP contribution in [0.15, 0.2) is 0 Å². The summed E-state index contributed by atoms with van der Waals surface area (Å²) in [5.74, 6) is 0.416. The first-order chi connectivity index (χ1) is 7.12. The molecule has 1 fully saturated rings. The molecule has 15 heavy (non-hydrogen) atoms. The van der Waals surface area contributed by atoms with Crippen LogP contribution >= 0.6 is 0 Å². The fraction of sp³-hybridized carbons (Fsp3) is 1.00. The van der Waals surface area contributed by atoms with Crippen molar-refractivity contribution in [3.05, 3.63) is 0 Å². The normalized spacial score (nSPS) is 22.2. The van der Waals surface area contributed by atoms with Crippen LogP contribution in [0.2, 0.25) is 0 Å². The lowest BCUT2D eigenvalue weighted by Gasteiger charge is -2.36. The van der Waals surface area contributed by atoms with Gasteiger partial charge in [0.15, 0.2) is 0 Å². The van der Waals surface area contributed by atoms with E-state index in [1.54, 1.807) is 0 Å². The van der Waals surface area contributed by atoms with Crippen molar-refractivity contribution in [3.63, 3.8) is 0 Å². The Kier molecular flexibility index (Phi) is 4.95.